The summed E-state index contributed by atoms with van der Waals surface area (Å²) in [5, 5.41) is 0. The molecule has 2 N–H and O–H groups in total. The minimum Gasteiger partial charge on any atom is -0.373 e. The van der Waals surface area contributed by atoms with E-state index in [0.717, 1.165) is 17.4 Å². The van der Waals surface area contributed by atoms with E-state index in [0.29, 0.717) is 0 Å². The van der Waals surface area contributed by atoms with Crippen molar-refractivity contribution in [1.82, 2.24) is 4.90 Å². The zero-order chi connectivity index (χ0) is 13.3. The van der Waals surface area contributed by atoms with Gasteiger partial charge in [-0.2, -0.15) is 0 Å². The fourth-order valence-corrected chi connectivity index (χ4v) is 4.02. The van der Waals surface area contributed by atoms with Crippen molar-refractivity contribution in [2.24, 2.45) is 5.73 Å². The predicted molar refractivity (Wildman–Crippen MR) is 77.3 cm³/mol. The van der Waals surface area contributed by atoms with Crippen LogP contribution in [0.5, 0.6) is 0 Å². The van der Waals surface area contributed by atoms with Gasteiger partial charge in [0.05, 0.1) is 22.6 Å². The Kier molecular flexibility index (Phi) is 4.67. The molecule has 1 fully saturated rings. The molecule has 1 aliphatic rings. The number of halogens is 1. The van der Waals surface area contributed by atoms with Crippen LogP contribution in [0.1, 0.15) is 31.7 Å². The van der Waals surface area contributed by atoms with E-state index in [-0.39, 0.29) is 24.3 Å². The zero-order valence-electron chi connectivity index (χ0n) is 11.1. The number of hydrogen-bond donors (Lipinski definition) is 1. The van der Waals surface area contributed by atoms with Crippen LogP contribution in [0, 0.1) is 0 Å². The van der Waals surface area contributed by atoms with Crippen LogP contribution in [0.15, 0.2) is 12.1 Å². The lowest BCUT2D eigenvalue weighted by Gasteiger charge is -2.41. The normalized spacial score (nSPS) is 29.2. The third kappa shape index (κ3) is 3.25. The highest BCUT2D eigenvalue weighted by Crippen LogP contribution is 2.33. The third-order valence-corrected chi connectivity index (χ3v) is 4.53. The lowest BCUT2D eigenvalue weighted by Crippen LogP contribution is -2.50. The summed E-state index contributed by atoms with van der Waals surface area (Å²) in [5.74, 6) is 0. The van der Waals surface area contributed by atoms with Crippen molar-refractivity contribution in [3.63, 3.8) is 0 Å². The first-order valence-electron chi connectivity index (χ1n) is 6.37. The fourth-order valence-electron chi connectivity index (χ4n) is 2.70. The highest BCUT2D eigenvalue weighted by atomic mass is 35.5. The summed E-state index contributed by atoms with van der Waals surface area (Å²) < 4.78 is 6.61. The van der Waals surface area contributed by atoms with Crippen LogP contribution in [0.4, 0.5) is 0 Å². The lowest BCUT2D eigenvalue weighted by atomic mass is 10.0. The molecule has 1 aliphatic heterocycles. The molecule has 18 heavy (non-hydrogen) atoms. The summed E-state index contributed by atoms with van der Waals surface area (Å²) in [6.07, 6.45) is 0.510. The number of morpholine rings is 1. The van der Waals surface area contributed by atoms with E-state index in [1.54, 1.807) is 11.3 Å². The van der Waals surface area contributed by atoms with Crippen molar-refractivity contribution < 1.29 is 4.74 Å². The van der Waals surface area contributed by atoms with Gasteiger partial charge in [-0.25, -0.2) is 0 Å². The van der Waals surface area contributed by atoms with Gasteiger partial charge in [0.1, 0.15) is 0 Å². The summed E-state index contributed by atoms with van der Waals surface area (Å²) in [6, 6.07) is 4.35. The second kappa shape index (κ2) is 5.88. The Morgan fingerprint density at radius 1 is 1.39 bits per heavy atom. The molecule has 0 radical (unpaired) electrons. The molecule has 102 valence electrons. The largest absolute Gasteiger partial charge is 0.373 e. The number of rotatable bonds is 3. The molecule has 2 rings (SSSR count). The van der Waals surface area contributed by atoms with Gasteiger partial charge in [0, 0.05) is 24.0 Å². The SMILES string of the molecule is CC1CN(C(c2ccc(Cl)s2)C(C)N)CC(C)O1. The molecule has 0 amide bonds. The molecule has 1 saturated heterocycles. The molecule has 1 aromatic heterocycles. The molecule has 0 spiro atoms. The van der Waals surface area contributed by atoms with E-state index in [1.807, 2.05) is 6.07 Å². The van der Waals surface area contributed by atoms with Gasteiger partial charge in [0.2, 0.25) is 0 Å². The first-order chi connectivity index (χ1) is 8.47. The van der Waals surface area contributed by atoms with Crippen molar-refractivity contribution in [3.05, 3.63) is 21.3 Å². The molecule has 2 heterocycles. The number of ether oxygens (including phenoxy) is 1. The Balaban J connectivity index is 2.19. The van der Waals surface area contributed by atoms with Crippen LogP contribution >= 0.6 is 22.9 Å². The van der Waals surface area contributed by atoms with Gasteiger partial charge in [-0.05, 0) is 32.9 Å². The second-order valence-electron chi connectivity index (χ2n) is 5.16. The third-order valence-electron chi connectivity index (χ3n) is 3.22. The van der Waals surface area contributed by atoms with E-state index in [2.05, 4.69) is 31.7 Å². The minimum absolute atomic E-state index is 0.0808. The topological polar surface area (TPSA) is 38.5 Å². The molecule has 0 saturated carbocycles. The molecular weight excluding hydrogens is 268 g/mol. The van der Waals surface area contributed by atoms with Crippen molar-refractivity contribution >= 4 is 22.9 Å². The number of thiophene rings is 1. The molecule has 0 bridgehead atoms. The van der Waals surface area contributed by atoms with Crippen molar-refractivity contribution in [2.75, 3.05) is 13.1 Å². The van der Waals surface area contributed by atoms with Crippen LogP contribution in [0.25, 0.3) is 0 Å². The van der Waals surface area contributed by atoms with Gasteiger partial charge in [0.15, 0.2) is 0 Å². The van der Waals surface area contributed by atoms with E-state index < -0.39 is 0 Å². The van der Waals surface area contributed by atoms with E-state index >= 15 is 0 Å². The highest BCUT2D eigenvalue weighted by Gasteiger charge is 2.31. The van der Waals surface area contributed by atoms with E-state index in [1.165, 1.54) is 4.88 Å². The molecule has 4 unspecified atom stereocenters. The predicted octanol–water partition coefficient (Wildman–Crippen LogP) is 2.90. The molecule has 4 atom stereocenters. The fraction of sp³-hybridized carbons (Fsp3) is 0.692. The quantitative estimate of drug-likeness (QED) is 0.929. The monoisotopic (exact) mass is 288 g/mol. The Hall–Kier alpha value is -0.130. The molecule has 5 heteroatoms. The minimum atomic E-state index is 0.0808. The average Bonchev–Trinajstić information content (AvgIpc) is 2.62. The smallest absolute Gasteiger partial charge is 0.0931 e. The highest BCUT2D eigenvalue weighted by molar-refractivity contribution is 7.16. The van der Waals surface area contributed by atoms with Gasteiger partial charge in [0.25, 0.3) is 0 Å². The van der Waals surface area contributed by atoms with Crippen LogP contribution < -0.4 is 5.73 Å². The Morgan fingerprint density at radius 2 is 2.00 bits per heavy atom. The summed E-state index contributed by atoms with van der Waals surface area (Å²) >= 11 is 7.66. The summed E-state index contributed by atoms with van der Waals surface area (Å²) in [5.41, 5.74) is 6.18. The Morgan fingerprint density at radius 3 is 2.44 bits per heavy atom. The maximum atomic E-state index is 6.18. The van der Waals surface area contributed by atoms with Crippen LogP contribution in [-0.2, 0) is 4.74 Å². The van der Waals surface area contributed by atoms with Crippen LogP contribution in [0.2, 0.25) is 4.34 Å². The van der Waals surface area contributed by atoms with E-state index in [9.17, 15) is 0 Å². The first-order valence-corrected chi connectivity index (χ1v) is 7.57. The van der Waals surface area contributed by atoms with Crippen molar-refractivity contribution in [3.8, 4) is 0 Å². The first kappa shape index (κ1) is 14.3. The van der Waals surface area contributed by atoms with Gasteiger partial charge >= 0.3 is 0 Å². The van der Waals surface area contributed by atoms with Crippen molar-refractivity contribution in [1.29, 1.82) is 0 Å². The van der Waals surface area contributed by atoms with Gasteiger partial charge in [-0.1, -0.05) is 11.6 Å². The van der Waals surface area contributed by atoms with Gasteiger partial charge < -0.3 is 10.5 Å². The Labute approximate surface area is 118 Å². The summed E-state index contributed by atoms with van der Waals surface area (Å²) in [4.78, 5) is 3.67. The van der Waals surface area contributed by atoms with Crippen LogP contribution in [-0.4, -0.2) is 36.2 Å². The lowest BCUT2D eigenvalue weighted by molar-refractivity contribution is -0.0827. The second-order valence-corrected chi connectivity index (χ2v) is 6.90. The maximum Gasteiger partial charge on any atom is 0.0931 e. The molecule has 1 aromatic rings. The standard InChI is InChI=1S/C13H21ClN2OS/c1-8-6-16(7-9(2)17-8)13(10(3)15)11-4-5-12(14)18-11/h4-5,8-10,13H,6-7,15H2,1-3H3. The maximum absolute atomic E-state index is 6.18. The Bertz CT molecular complexity index is 386. The van der Waals surface area contributed by atoms with Crippen molar-refractivity contribution in [2.45, 2.75) is 45.1 Å². The number of nitrogens with two attached hydrogens (primary N) is 1. The van der Waals surface area contributed by atoms with E-state index in [4.69, 9.17) is 22.1 Å². The molecule has 0 aliphatic carbocycles. The number of hydrogen-bond acceptors (Lipinski definition) is 4. The van der Waals surface area contributed by atoms with Gasteiger partial charge in [-0.3, -0.25) is 4.90 Å². The average molecular weight is 289 g/mol. The van der Waals surface area contributed by atoms with Gasteiger partial charge in [-0.15, -0.1) is 11.3 Å². The molecule has 0 aromatic carbocycles. The summed E-state index contributed by atoms with van der Waals surface area (Å²) in [6.45, 7) is 8.13. The summed E-state index contributed by atoms with van der Waals surface area (Å²) in [7, 11) is 0. The number of nitrogens with zero attached hydrogens (tertiary/aromatic N) is 1. The molecular formula is C13H21ClN2OS. The zero-order valence-corrected chi connectivity index (χ0v) is 12.7. The van der Waals surface area contributed by atoms with Crippen LogP contribution in [0.3, 0.4) is 0 Å². The molecule has 3 nitrogen and oxygen atoms in total.